The van der Waals surface area contributed by atoms with Crippen molar-refractivity contribution in [2.45, 2.75) is 6.92 Å². The van der Waals surface area contributed by atoms with Crippen molar-refractivity contribution >= 4 is 5.84 Å². The first kappa shape index (κ1) is 7.85. The molecular weight excluding hydrogens is 168 g/mol. The van der Waals surface area contributed by atoms with Crippen molar-refractivity contribution in [2.75, 3.05) is 7.11 Å². The summed E-state index contributed by atoms with van der Waals surface area (Å²) >= 11 is 0. The predicted molar refractivity (Wildman–Crippen MR) is 47.0 cm³/mol. The summed E-state index contributed by atoms with van der Waals surface area (Å²) in [7, 11) is 1.56. The molecule has 0 fully saturated rings. The van der Waals surface area contributed by atoms with Gasteiger partial charge < -0.3 is 4.74 Å². The van der Waals surface area contributed by atoms with Crippen LogP contribution in [0.3, 0.4) is 0 Å². The van der Waals surface area contributed by atoms with E-state index in [2.05, 4.69) is 15.6 Å². The van der Waals surface area contributed by atoms with E-state index in [4.69, 9.17) is 4.74 Å². The zero-order chi connectivity index (χ0) is 9.26. The molecule has 1 aliphatic heterocycles. The molecule has 2 rings (SSSR count). The third-order valence-electron chi connectivity index (χ3n) is 1.76. The van der Waals surface area contributed by atoms with Gasteiger partial charge in [0.2, 0.25) is 5.88 Å². The molecular formula is C8H9N4O. The lowest BCUT2D eigenvalue weighted by atomic mass is 10.4. The van der Waals surface area contributed by atoms with Crippen LogP contribution in [0.1, 0.15) is 5.69 Å². The van der Waals surface area contributed by atoms with E-state index >= 15 is 0 Å². The van der Waals surface area contributed by atoms with Crippen molar-refractivity contribution in [3.05, 3.63) is 29.9 Å². The highest BCUT2D eigenvalue weighted by molar-refractivity contribution is 5.96. The highest BCUT2D eigenvalue weighted by Crippen LogP contribution is 2.05. The molecule has 0 aromatic carbocycles. The number of rotatable bonds is 1. The Kier molecular flexibility index (Phi) is 1.77. The van der Waals surface area contributed by atoms with Crippen molar-refractivity contribution in [1.29, 1.82) is 0 Å². The van der Waals surface area contributed by atoms with Crippen molar-refractivity contribution in [3.63, 3.8) is 0 Å². The zero-order valence-corrected chi connectivity index (χ0v) is 7.43. The van der Waals surface area contributed by atoms with E-state index in [9.17, 15) is 0 Å². The van der Waals surface area contributed by atoms with Gasteiger partial charge in [-0.15, -0.1) is 10.5 Å². The molecule has 0 spiro atoms. The second-order valence-corrected chi connectivity index (χ2v) is 2.63. The molecule has 0 N–H and O–H groups in total. The van der Waals surface area contributed by atoms with Gasteiger partial charge in [-0.25, -0.2) is 4.68 Å². The van der Waals surface area contributed by atoms with Crippen LogP contribution in [-0.2, 0) is 4.74 Å². The molecule has 67 valence electrons. The normalized spacial score (nSPS) is 14.9. The number of ether oxygens (including phenoxy) is 1. The second kappa shape index (κ2) is 2.93. The van der Waals surface area contributed by atoms with Gasteiger partial charge in [-0.05, 0) is 13.0 Å². The molecule has 2 heterocycles. The first-order valence-corrected chi connectivity index (χ1v) is 3.86. The van der Waals surface area contributed by atoms with E-state index in [0.29, 0.717) is 11.7 Å². The maximum absolute atomic E-state index is 4.92. The van der Waals surface area contributed by atoms with Gasteiger partial charge >= 0.3 is 0 Å². The maximum atomic E-state index is 4.92. The standard InChI is InChI=1S/C8H9N4O/c1-6-3-4-9-12(6)7-5-8(13-2)11-10-7/h3-5H,1-2H3. The van der Waals surface area contributed by atoms with Crippen molar-refractivity contribution in [3.8, 4) is 0 Å². The highest BCUT2D eigenvalue weighted by atomic mass is 16.5. The van der Waals surface area contributed by atoms with Crippen LogP contribution in [0.15, 0.2) is 29.3 Å². The molecule has 1 radical (unpaired) electrons. The Bertz CT molecular complexity index is 377. The minimum atomic E-state index is 0.505. The molecule has 0 atom stereocenters. The second-order valence-electron chi connectivity index (χ2n) is 2.63. The number of hydrogen-bond donors (Lipinski definition) is 0. The smallest absolute Gasteiger partial charge is 0.237 e. The van der Waals surface area contributed by atoms with Gasteiger partial charge in [0, 0.05) is 18.0 Å². The fraction of sp³-hybridized carbons (Fsp3) is 0.250. The topological polar surface area (TPSA) is 53.5 Å². The van der Waals surface area contributed by atoms with Gasteiger partial charge in [0.15, 0.2) is 5.84 Å². The molecule has 0 saturated heterocycles. The van der Waals surface area contributed by atoms with Crippen LogP contribution >= 0.6 is 0 Å². The minimum Gasteiger partial charge on any atom is -0.480 e. The largest absolute Gasteiger partial charge is 0.480 e. The minimum absolute atomic E-state index is 0.505. The number of allylic oxidation sites excluding steroid dienone is 1. The lowest BCUT2D eigenvalue weighted by Gasteiger charge is -1.97. The molecule has 5 heteroatoms. The maximum Gasteiger partial charge on any atom is 0.237 e. The molecule has 1 aliphatic rings. The van der Waals surface area contributed by atoms with Gasteiger partial charge in [-0.1, -0.05) is 0 Å². The van der Waals surface area contributed by atoms with Crippen LogP contribution in [0.4, 0.5) is 0 Å². The van der Waals surface area contributed by atoms with Crippen molar-refractivity contribution in [1.82, 2.24) is 15.2 Å². The molecule has 0 unspecified atom stereocenters. The first-order chi connectivity index (χ1) is 6.31. The molecule has 0 bridgehead atoms. The number of aryl methyl sites for hydroxylation is 1. The van der Waals surface area contributed by atoms with Crippen molar-refractivity contribution in [2.24, 2.45) is 5.10 Å². The van der Waals surface area contributed by atoms with Gasteiger partial charge in [-0.2, -0.15) is 5.10 Å². The monoisotopic (exact) mass is 177 g/mol. The zero-order valence-electron chi connectivity index (χ0n) is 7.43. The summed E-state index contributed by atoms with van der Waals surface area (Å²) in [5.41, 5.74) is 4.81. The fourth-order valence-corrected chi connectivity index (χ4v) is 1.08. The fourth-order valence-electron chi connectivity index (χ4n) is 1.08. The Balaban J connectivity index is 2.30. The Morgan fingerprint density at radius 1 is 1.46 bits per heavy atom. The Morgan fingerprint density at radius 3 is 2.85 bits per heavy atom. The molecule has 0 saturated carbocycles. The van der Waals surface area contributed by atoms with Crippen LogP contribution < -0.4 is 5.43 Å². The van der Waals surface area contributed by atoms with E-state index in [1.165, 1.54) is 0 Å². The summed E-state index contributed by atoms with van der Waals surface area (Å²) in [6.07, 6.45) is 3.45. The van der Waals surface area contributed by atoms with E-state index in [-0.39, 0.29) is 0 Å². The number of hydrogen-bond acceptors (Lipinski definition) is 3. The van der Waals surface area contributed by atoms with Crippen LogP contribution in [0, 0.1) is 6.92 Å². The molecule has 0 amide bonds. The first-order valence-electron chi connectivity index (χ1n) is 3.86. The molecule has 13 heavy (non-hydrogen) atoms. The summed E-state index contributed by atoms with van der Waals surface area (Å²) in [6.45, 7) is 1.95. The van der Waals surface area contributed by atoms with E-state index in [1.807, 2.05) is 13.0 Å². The van der Waals surface area contributed by atoms with Gasteiger partial charge in [0.1, 0.15) is 0 Å². The van der Waals surface area contributed by atoms with Crippen LogP contribution in [-0.4, -0.2) is 22.7 Å². The Labute approximate surface area is 75.7 Å². The number of aromatic nitrogens is 2. The van der Waals surface area contributed by atoms with Crippen LogP contribution in [0.5, 0.6) is 0 Å². The third-order valence-corrected chi connectivity index (χ3v) is 1.76. The SMILES string of the molecule is COC1=CC(n2nccc2C)=N[N]1. The summed E-state index contributed by atoms with van der Waals surface area (Å²) in [5, 5.41) is 8.01. The van der Waals surface area contributed by atoms with Gasteiger partial charge in [-0.3, -0.25) is 0 Å². The Hall–Kier alpha value is -1.78. The number of nitrogens with zero attached hydrogens (tertiary/aromatic N) is 4. The summed E-state index contributed by atoms with van der Waals surface area (Å²) in [5.74, 6) is 1.18. The summed E-state index contributed by atoms with van der Waals surface area (Å²) < 4.78 is 6.62. The van der Waals surface area contributed by atoms with E-state index in [0.717, 1.165) is 5.69 Å². The lowest BCUT2D eigenvalue weighted by molar-refractivity contribution is 0.264. The Morgan fingerprint density at radius 2 is 2.31 bits per heavy atom. The summed E-state index contributed by atoms with van der Waals surface area (Å²) in [6, 6.07) is 1.90. The highest BCUT2D eigenvalue weighted by Gasteiger charge is 2.13. The molecule has 0 aliphatic carbocycles. The number of methoxy groups -OCH3 is 1. The van der Waals surface area contributed by atoms with Crippen molar-refractivity contribution < 1.29 is 4.74 Å². The molecule has 1 aromatic rings. The van der Waals surface area contributed by atoms with Gasteiger partial charge in [0.25, 0.3) is 0 Å². The lowest BCUT2D eigenvalue weighted by Crippen LogP contribution is -2.10. The third kappa shape index (κ3) is 1.28. The predicted octanol–water partition coefficient (Wildman–Crippen LogP) is 0.459. The summed E-state index contributed by atoms with van der Waals surface area (Å²) in [4.78, 5) is 0. The van der Waals surface area contributed by atoms with Crippen LogP contribution in [0.2, 0.25) is 0 Å². The van der Waals surface area contributed by atoms with E-state index < -0.39 is 0 Å². The molecule has 1 aromatic heterocycles. The van der Waals surface area contributed by atoms with Gasteiger partial charge in [0.05, 0.1) is 7.11 Å². The van der Waals surface area contributed by atoms with Crippen LogP contribution in [0.25, 0.3) is 0 Å². The molecule has 5 nitrogen and oxygen atoms in total. The van der Waals surface area contributed by atoms with E-state index in [1.54, 1.807) is 24.1 Å². The average Bonchev–Trinajstić information content (AvgIpc) is 2.71. The average molecular weight is 177 g/mol. The quantitative estimate of drug-likeness (QED) is 0.625.